The van der Waals surface area contributed by atoms with E-state index in [1.807, 2.05) is 12.3 Å². The minimum Gasteiger partial charge on any atom is -0.476 e. The molecule has 9 nitrogen and oxygen atoms in total. The fourth-order valence-corrected chi connectivity index (χ4v) is 4.04. The van der Waals surface area contributed by atoms with Gasteiger partial charge in [0.15, 0.2) is 0 Å². The second-order valence-corrected chi connectivity index (χ2v) is 8.72. The summed E-state index contributed by atoms with van der Waals surface area (Å²) >= 11 is 0. The molecule has 1 fully saturated rings. The molecule has 0 amide bonds. The number of hydrogen-bond donors (Lipinski definition) is 3. The lowest BCUT2D eigenvalue weighted by Gasteiger charge is -2.28. The first-order valence-corrected chi connectivity index (χ1v) is 10.5. The SMILES string of the molecule is CC(C)(O)Cn1ccc(-c2ccc([C@H]3CC[C@H](Oc4nn[nH]c4C(=O)O)CC3)cc2)n1. The lowest BCUT2D eigenvalue weighted by molar-refractivity contribution is 0.0577. The van der Waals surface area contributed by atoms with E-state index in [-0.39, 0.29) is 17.7 Å². The van der Waals surface area contributed by atoms with E-state index in [2.05, 4.69) is 44.8 Å². The molecule has 1 aromatic carbocycles. The van der Waals surface area contributed by atoms with Crippen molar-refractivity contribution in [2.45, 2.75) is 63.7 Å². The Labute approximate surface area is 180 Å². The van der Waals surface area contributed by atoms with Crippen LogP contribution in [-0.4, -0.2) is 53.1 Å². The van der Waals surface area contributed by atoms with Crippen LogP contribution in [0.15, 0.2) is 36.5 Å². The van der Waals surface area contributed by atoms with E-state index in [1.54, 1.807) is 18.5 Å². The highest BCUT2D eigenvalue weighted by molar-refractivity contribution is 5.87. The first kappa shape index (κ1) is 21.0. The van der Waals surface area contributed by atoms with Crippen molar-refractivity contribution in [2.75, 3.05) is 0 Å². The van der Waals surface area contributed by atoms with Crippen LogP contribution in [0.1, 0.15) is 61.5 Å². The maximum absolute atomic E-state index is 11.1. The van der Waals surface area contributed by atoms with Crippen LogP contribution in [0.3, 0.4) is 0 Å². The largest absolute Gasteiger partial charge is 0.476 e. The maximum atomic E-state index is 11.1. The Bertz CT molecular complexity index is 1030. The van der Waals surface area contributed by atoms with E-state index in [0.717, 1.165) is 36.9 Å². The van der Waals surface area contributed by atoms with Gasteiger partial charge in [0.1, 0.15) is 6.10 Å². The maximum Gasteiger partial charge on any atom is 0.359 e. The predicted octanol–water partition coefficient (Wildman–Crippen LogP) is 3.24. The number of rotatable bonds is 7. The molecule has 3 aromatic rings. The Kier molecular flexibility index (Phi) is 5.77. The van der Waals surface area contributed by atoms with Crippen LogP contribution in [0, 0.1) is 0 Å². The van der Waals surface area contributed by atoms with E-state index in [1.165, 1.54) is 5.56 Å². The fourth-order valence-electron chi connectivity index (χ4n) is 4.04. The van der Waals surface area contributed by atoms with Crippen molar-refractivity contribution in [2.24, 2.45) is 0 Å². The van der Waals surface area contributed by atoms with Gasteiger partial charge in [-0.1, -0.05) is 34.6 Å². The van der Waals surface area contributed by atoms with Gasteiger partial charge in [0.25, 0.3) is 5.88 Å². The highest BCUT2D eigenvalue weighted by Gasteiger charge is 2.26. The summed E-state index contributed by atoms with van der Waals surface area (Å²) < 4.78 is 7.53. The monoisotopic (exact) mass is 425 g/mol. The number of carboxylic acid groups (broad SMARTS) is 1. The van der Waals surface area contributed by atoms with Gasteiger partial charge in [-0.3, -0.25) is 4.68 Å². The number of carboxylic acids is 1. The van der Waals surface area contributed by atoms with Crippen LogP contribution in [0.2, 0.25) is 0 Å². The first-order valence-electron chi connectivity index (χ1n) is 10.5. The molecule has 0 saturated heterocycles. The van der Waals surface area contributed by atoms with Gasteiger partial charge in [0, 0.05) is 11.8 Å². The molecule has 0 atom stereocenters. The van der Waals surface area contributed by atoms with E-state index in [9.17, 15) is 9.90 Å². The first-order chi connectivity index (χ1) is 14.8. The van der Waals surface area contributed by atoms with Gasteiger partial charge in [-0.2, -0.15) is 5.10 Å². The molecule has 1 aliphatic carbocycles. The standard InChI is InChI=1S/C22H27N5O4/c1-22(2,30)13-27-12-11-18(25-27)16-5-3-14(4-6-16)15-7-9-17(10-8-15)31-20-19(21(28)29)23-26-24-20/h3-6,11-12,15,17,30H,7-10,13H2,1-2H3,(H,28,29)(H,23,24,26)/t15-,17-. The van der Waals surface area contributed by atoms with Crippen molar-refractivity contribution in [3.05, 3.63) is 47.8 Å². The van der Waals surface area contributed by atoms with E-state index in [0.29, 0.717) is 12.5 Å². The van der Waals surface area contributed by atoms with E-state index >= 15 is 0 Å². The molecule has 2 heterocycles. The van der Waals surface area contributed by atoms with Gasteiger partial charge >= 0.3 is 5.97 Å². The number of hydrogen-bond acceptors (Lipinski definition) is 6. The predicted molar refractivity (Wildman–Crippen MR) is 113 cm³/mol. The van der Waals surface area contributed by atoms with Gasteiger partial charge in [-0.25, -0.2) is 9.89 Å². The van der Waals surface area contributed by atoms with Crippen LogP contribution in [0.5, 0.6) is 5.88 Å². The van der Waals surface area contributed by atoms with Gasteiger partial charge in [0.2, 0.25) is 5.69 Å². The molecule has 2 aromatic heterocycles. The molecule has 164 valence electrons. The number of aromatic carboxylic acids is 1. The van der Waals surface area contributed by atoms with Gasteiger partial charge in [0.05, 0.1) is 17.8 Å². The lowest BCUT2D eigenvalue weighted by atomic mass is 9.82. The normalized spacial score (nSPS) is 19.3. The summed E-state index contributed by atoms with van der Waals surface area (Å²) in [6, 6.07) is 10.4. The van der Waals surface area contributed by atoms with Gasteiger partial charge in [-0.05, 0) is 57.1 Å². The topological polar surface area (TPSA) is 126 Å². The summed E-state index contributed by atoms with van der Waals surface area (Å²) in [5.74, 6) is -0.624. The molecule has 1 saturated carbocycles. The van der Waals surface area contributed by atoms with Crippen molar-refractivity contribution < 1.29 is 19.7 Å². The third-order valence-electron chi connectivity index (χ3n) is 5.55. The quantitative estimate of drug-likeness (QED) is 0.530. The minimum absolute atomic E-state index is 0.0570. The number of aromatic nitrogens is 5. The number of H-pyrrole nitrogens is 1. The number of nitrogens with zero attached hydrogens (tertiary/aromatic N) is 4. The summed E-state index contributed by atoms with van der Waals surface area (Å²) in [5, 5.41) is 33.3. The molecule has 0 bridgehead atoms. The van der Waals surface area contributed by atoms with E-state index in [4.69, 9.17) is 9.84 Å². The zero-order chi connectivity index (χ0) is 22.0. The molecule has 3 N–H and O–H groups in total. The Morgan fingerprint density at radius 3 is 2.55 bits per heavy atom. The smallest absolute Gasteiger partial charge is 0.359 e. The Balaban J connectivity index is 1.34. The Morgan fingerprint density at radius 1 is 1.19 bits per heavy atom. The van der Waals surface area contributed by atoms with E-state index < -0.39 is 11.6 Å². The zero-order valence-corrected chi connectivity index (χ0v) is 17.7. The van der Waals surface area contributed by atoms with Crippen LogP contribution < -0.4 is 4.74 Å². The zero-order valence-electron chi connectivity index (χ0n) is 17.7. The van der Waals surface area contributed by atoms with Crippen LogP contribution in [-0.2, 0) is 6.54 Å². The Hall–Kier alpha value is -3.20. The molecule has 0 aliphatic heterocycles. The summed E-state index contributed by atoms with van der Waals surface area (Å²) in [6.07, 6.45) is 5.42. The minimum atomic E-state index is -1.13. The van der Waals surface area contributed by atoms with Crippen LogP contribution >= 0.6 is 0 Å². The molecule has 1 aliphatic rings. The third kappa shape index (κ3) is 5.11. The third-order valence-corrected chi connectivity index (χ3v) is 5.55. The fraction of sp³-hybridized carbons (Fsp3) is 0.455. The van der Waals surface area contributed by atoms with Crippen LogP contribution in [0.25, 0.3) is 11.3 Å². The van der Waals surface area contributed by atoms with Crippen molar-refractivity contribution in [3.8, 4) is 17.1 Å². The molecule has 31 heavy (non-hydrogen) atoms. The number of ether oxygens (including phenoxy) is 1. The number of nitrogens with one attached hydrogen (secondary N) is 1. The van der Waals surface area contributed by atoms with Crippen molar-refractivity contribution >= 4 is 5.97 Å². The summed E-state index contributed by atoms with van der Waals surface area (Å²) in [5.41, 5.74) is 2.30. The number of benzene rings is 1. The molecule has 0 unspecified atom stereocenters. The summed E-state index contributed by atoms with van der Waals surface area (Å²) in [4.78, 5) is 11.1. The van der Waals surface area contributed by atoms with Crippen molar-refractivity contribution in [3.63, 3.8) is 0 Å². The lowest BCUT2D eigenvalue weighted by Crippen LogP contribution is -2.26. The molecule has 0 radical (unpaired) electrons. The molecule has 0 spiro atoms. The molecule has 4 rings (SSSR count). The summed E-state index contributed by atoms with van der Waals surface area (Å²) in [7, 11) is 0. The molecular weight excluding hydrogens is 398 g/mol. The average molecular weight is 425 g/mol. The van der Waals surface area contributed by atoms with Gasteiger partial charge in [-0.15, -0.1) is 0 Å². The summed E-state index contributed by atoms with van der Waals surface area (Å²) in [6.45, 7) is 3.97. The second kappa shape index (κ2) is 8.50. The highest BCUT2D eigenvalue weighted by atomic mass is 16.5. The average Bonchev–Trinajstić information content (AvgIpc) is 3.37. The number of aromatic amines is 1. The number of carbonyl (C=O) groups is 1. The van der Waals surface area contributed by atoms with Crippen molar-refractivity contribution in [1.82, 2.24) is 25.2 Å². The Morgan fingerprint density at radius 2 is 1.90 bits per heavy atom. The van der Waals surface area contributed by atoms with Gasteiger partial charge < -0.3 is 14.9 Å². The highest BCUT2D eigenvalue weighted by Crippen LogP contribution is 2.35. The number of aliphatic hydroxyl groups is 1. The van der Waals surface area contributed by atoms with Crippen LogP contribution in [0.4, 0.5) is 0 Å². The molecular formula is C22H27N5O4. The molecule has 9 heteroatoms. The van der Waals surface area contributed by atoms with Crippen molar-refractivity contribution in [1.29, 1.82) is 0 Å². The second-order valence-electron chi connectivity index (χ2n) is 8.72.